The number of aromatic amines is 1. The molecule has 2 N–H and O–H groups in total. The predicted octanol–water partition coefficient (Wildman–Crippen LogP) is 5.14. The van der Waals surface area contributed by atoms with Gasteiger partial charge in [0.2, 0.25) is 0 Å². The van der Waals surface area contributed by atoms with Crippen molar-refractivity contribution in [2.45, 2.75) is 13.0 Å². The number of hydrogen-bond donors (Lipinski definition) is 2. The van der Waals surface area contributed by atoms with E-state index >= 15 is 0 Å². The van der Waals surface area contributed by atoms with Gasteiger partial charge in [0, 0.05) is 35.1 Å². The number of nitrogens with zero attached hydrogens (tertiary/aromatic N) is 3. The molecule has 0 radical (unpaired) electrons. The summed E-state index contributed by atoms with van der Waals surface area (Å²) >= 11 is 5.77. The zero-order valence-corrected chi connectivity index (χ0v) is 18.9. The van der Waals surface area contributed by atoms with Gasteiger partial charge in [-0.25, -0.2) is 4.39 Å². The zero-order chi connectivity index (χ0) is 23.8. The molecule has 0 aliphatic rings. The number of halogens is 2. The minimum atomic E-state index is -0.730. The van der Waals surface area contributed by atoms with Gasteiger partial charge in [0.05, 0.1) is 23.2 Å². The van der Waals surface area contributed by atoms with Gasteiger partial charge >= 0.3 is 0 Å². The van der Waals surface area contributed by atoms with Crippen LogP contribution in [0.25, 0.3) is 33.3 Å². The standard InChI is InChI=1S/C26H20ClFN4O2/c1-15-10-19(6-8-29-15)26-20-11-16(3-5-23(20)30-31-26)17-7-9-32(25(34)13-17)24(14-33)18-2-4-21(27)22(28)12-18/h2-13,24,33H,14H2,1H3,(H,30,31)/t24-/m1/s1. The Morgan fingerprint density at radius 2 is 1.88 bits per heavy atom. The van der Waals surface area contributed by atoms with E-state index in [0.717, 1.165) is 39.0 Å². The summed E-state index contributed by atoms with van der Waals surface area (Å²) in [4.78, 5) is 17.2. The van der Waals surface area contributed by atoms with Crippen LogP contribution >= 0.6 is 11.6 Å². The highest BCUT2D eigenvalue weighted by Crippen LogP contribution is 2.30. The third kappa shape index (κ3) is 4.00. The molecule has 6 nitrogen and oxygen atoms in total. The second-order valence-corrected chi connectivity index (χ2v) is 8.46. The number of benzene rings is 2. The largest absolute Gasteiger partial charge is 0.394 e. The lowest BCUT2D eigenvalue weighted by Gasteiger charge is -2.19. The molecule has 170 valence electrons. The maximum Gasteiger partial charge on any atom is 0.251 e. The topological polar surface area (TPSA) is 83.8 Å². The van der Waals surface area contributed by atoms with Crippen LogP contribution in [0.15, 0.2) is 77.9 Å². The Balaban J connectivity index is 1.54. The van der Waals surface area contributed by atoms with Gasteiger partial charge in [-0.2, -0.15) is 5.10 Å². The Labute approximate surface area is 199 Å². The molecule has 3 heterocycles. The lowest BCUT2D eigenvalue weighted by atomic mass is 10.0. The van der Waals surface area contributed by atoms with Crippen molar-refractivity contribution >= 4 is 22.5 Å². The molecule has 3 aromatic heterocycles. The number of H-pyrrole nitrogens is 1. The molecule has 0 bridgehead atoms. The highest BCUT2D eigenvalue weighted by Gasteiger charge is 2.17. The molecule has 1 atom stereocenters. The van der Waals surface area contributed by atoms with Crippen molar-refractivity contribution in [1.29, 1.82) is 0 Å². The first-order valence-electron chi connectivity index (χ1n) is 10.6. The average molecular weight is 475 g/mol. The fourth-order valence-corrected chi connectivity index (χ4v) is 4.22. The van der Waals surface area contributed by atoms with Gasteiger partial charge in [0.1, 0.15) is 11.5 Å². The van der Waals surface area contributed by atoms with Gasteiger partial charge in [0.25, 0.3) is 5.56 Å². The van der Waals surface area contributed by atoms with E-state index < -0.39 is 11.9 Å². The highest BCUT2D eigenvalue weighted by molar-refractivity contribution is 6.30. The van der Waals surface area contributed by atoms with Crippen LogP contribution in [0.2, 0.25) is 5.02 Å². The molecular formula is C26H20ClFN4O2. The van der Waals surface area contributed by atoms with Crippen molar-refractivity contribution < 1.29 is 9.50 Å². The zero-order valence-electron chi connectivity index (χ0n) is 18.2. The first-order chi connectivity index (χ1) is 16.4. The summed E-state index contributed by atoms with van der Waals surface area (Å²) in [5.74, 6) is -0.601. The number of aliphatic hydroxyl groups excluding tert-OH is 1. The first-order valence-corrected chi connectivity index (χ1v) is 11.0. The number of fused-ring (bicyclic) bond motifs is 1. The van der Waals surface area contributed by atoms with E-state index in [-0.39, 0.29) is 17.2 Å². The molecule has 34 heavy (non-hydrogen) atoms. The van der Waals surface area contributed by atoms with Gasteiger partial charge in [-0.05, 0) is 66.1 Å². The molecule has 0 spiro atoms. The molecule has 0 aliphatic heterocycles. The number of aromatic nitrogens is 4. The van der Waals surface area contributed by atoms with Gasteiger partial charge in [0.15, 0.2) is 0 Å². The maximum atomic E-state index is 13.9. The van der Waals surface area contributed by atoms with E-state index in [2.05, 4.69) is 15.2 Å². The number of rotatable bonds is 5. The Morgan fingerprint density at radius 3 is 2.62 bits per heavy atom. The summed E-state index contributed by atoms with van der Waals surface area (Å²) in [6, 6.07) is 16.5. The molecule has 0 saturated carbocycles. The molecule has 5 aromatic rings. The van der Waals surface area contributed by atoms with Crippen molar-refractivity contribution in [3.8, 4) is 22.4 Å². The fourth-order valence-electron chi connectivity index (χ4n) is 4.11. The van der Waals surface area contributed by atoms with Crippen LogP contribution in [0.3, 0.4) is 0 Å². The Kier molecular flexibility index (Phi) is 5.73. The quantitative estimate of drug-likeness (QED) is 0.369. The normalized spacial score (nSPS) is 12.2. The molecule has 0 unspecified atom stereocenters. The summed E-state index contributed by atoms with van der Waals surface area (Å²) in [5.41, 5.74) is 5.25. The molecular weight excluding hydrogens is 455 g/mol. The fraction of sp³-hybridized carbons (Fsp3) is 0.115. The minimum absolute atomic E-state index is 0.0148. The lowest BCUT2D eigenvalue weighted by Crippen LogP contribution is -2.26. The van der Waals surface area contributed by atoms with E-state index in [9.17, 15) is 14.3 Å². The van der Waals surface area contributed by atoms with Crippen LogP contribution in [0.4, 0.5) is 4.39 Å². The smallest absolute Gasteiger partial charge is 0.251 e. The second-order valence-electron chi connectivity index (χ2n) is 8.05. The summed E-state index contributed by atoms with van der Waals surface area (Å²) in [5, 5.41) is 18.4. The van der Waals surface area contributed by atoms with Gasteiger partial charge < -0.3 is 9.67 Å². The van der Waals surface area contributed by atoms with Crippen molar-refractivity contribution in [3.05, 3.63) is 106 Å². The monoisotopic (exact) mass is 474 g/mol. The summed E-state index contributed by atoms with van der Waals surface area (Å²) in [6.45, 7) is 1.56. The second kappa shape index (κ2) is 8.85. The van der Waals surface area contributed by atoms with Crippen LogP contribution in [0.5, 0.6) is 0 Å². The van der Waals surface area contributed by atoms with E-state index in [4.69, 9.17) is 11.6 Å². The van der Waals surface area contributed by atoms with Crippen LogP contribution in [-0.2, 0) is 0 Å². The third-order valence-electron chi connectivity index (χ3n) is 5.85. The van der Waals surface area contributed by atoms with E-state index in [1.165, 1.54) is 22.8 Å². The van der Waals surface area contributed by atoms with Crippen LogP contribution in [0, 0.1) is 12.7 Å². The number of aliphatic hydroxyl groups is 1. The van der Waals surface area contributed by atoms with Crippen LogP contribution in [-0.4, -0.2) is 31.5 Å². The Morgan fingerprint density at radius 1 is 1.06 bits per heavy atom. The Bertz CT molecular complexity index is 1580. The highest BCUT2D eigenvalue weighted by atomic mass is 35.5. The lowest BCUT2D eigenvalue weighted by molar-refractivity contribution is 0.247. The Hall–Kier alpha value is -3.81. The van der Waals surface area contributed by atoms with Crippen LogP contribution in [0.1, 0.15) is 17.3 Å². The van der Waals surface area contributed by atoms with Crippen molar-refractivity contribution in [2.75, 3.05) is 6.61 Å². The maximum absolute atomic E-state index is 13.9. The average Bonchev–Trinajstić information content (AvgIpc) is 3.26. The van der Waals surface area contributed by atoms with Crippen molar-refractivity contribution in [2.24, 2.45) is 0 Å². The molecule has 5 rings (SSSR count). The number of nitrogens with one attached hydrogen (secondary N) is 1. The molecule has 0 fully saturated rings. The number of aryl methyl sites for hydroxylation is 1. The third-order valence-corrected chi connectivity index (χ3v) is 6.16. The van der Waals surface area contributed by atoms with Crippen molar-refractivity contribution in [3.63, 3.8) is 0 Å². The van der Waals surface area contributed by atoms with E-state index in [0.29, 0.717) is 5.56 Å². The first kappa shape index (κ1) is 22.0. The number of pyridine rings is 2. The van der Waals surface area contributed by atoms with Gasteiger partial charge in [-0.15, -0.1) is 0 Å². The summed E-state index contributed by atoms with van der Waals surface area (Å²) < 4.78 is 15.3. The molecule has 0 amide bonds. The van der Waals surface area contributed by atoms with Gasteiger partial charge in [-0.3, -0.25) is 14.9 Å². The molecule has 0 saturated heterocycles. The minimum Gasteiger partial charge on any atom is -0.394 e. The van der Waals surface area contributed by atoms with E-state index in [1.807, 2.05) is 37.3 Å². The molecule has 0 aliphatic carbocycles. The van der Waals surface area contributed by atoms with Crippen LogP contribution < -0.4 is 5.56 Å². The summed E-state index contributed by atoms with van der Waals surface area (Å²) in [6.07, 6.45) is 3.36. The summed E-state index contributed by atoms with van der Waals surface area (Å²) in [7, 11) is 0. The SMILES string of the molecule is Cc1cc(-c2n[nH]c3ccc(-c4ccn([C@H](CO)c5ccc(Cl)c(F)c5)c(=O)c4)cc23)ccn1. The van der Waals surface area contributed by atoms with Gasteiger partial charge in [-0.1, -0.05) is 23.7 Å². The molecule has 8 heteroatoms. The molecule has 2 aromatic carbocycles. The predicted molar refractivity (Wildman–Crippen MR) is 130 cm³/mol. The number of hydrogen-bond acceptors (Lipinski definition) is 4. The van der Waals surface area contributed by atoms with Crippen molar-refractivity contribution in [1.82, 2.24) is 19.7 Å². The van der Waals surface area contributed by atoms with E-state index in [1.54, 1.807) is 24.5 Å².